The van der Waals surface area contributed by atoms with Crippen LogP contribution in [0.1, 0.15) is 5.56 Å². The van der Waals surface area contributed by atoms with Crippen LogP contribution in [0, 0.1) is 0 Å². The number of nitrogens with two attached hydrogens (primary N) is 1. The fourth-order valence-electron chi connectivity index (χ4n) is 1.12. The summed E-state index contributed by atoms with van der Waals surface area (Å²) < 4.78 is 31.6. The summed E-state index contributed by atoms with van der Waals surface area (Å²) in [5.41, 5.74) is 0.892. The Morgan fingerprint density at radius 3 is 2.60 bits per heavy atom. The number of amides is 1. The lowest BCUT2D eigenvalue weighted by Gasteiger charge is -2.17. The van der Waals surface area contributed by atoms with Crippen molar-refractivity contribution in [3.63, 3.8) is 0 Å². The number of benzene rings is 1. The number of ether oxygens (including phenoxy) is 1. The molecule has 0 bridgehead atoms. The lowest BCUT2D eigenvalue weighted by molar-refractivity contribution is -0.147. The third-order valence-corrected chi connectivity index (χ3v) is 1.86. The van der Waals surface area contributed by atoms with Crippen LogP contribution in [0.25, 0.3) is 0 Å². The van der Waals surface area contributed by atoms with Gasteiger partial charge in [-0.05, 0) is 12.1 Å². The Bertz CT molecular complexity index is 369. The zero-order valence-electron chi connectivity index (χ0n) is 7.96. The molecule has 6 heteroatoms. The first-order valence-electron chi connectivity index (χ1n) is 4.06. The zero-order valence-corrected chi connectivity index (χ0v) is 7.96. The van der Waals surface area contributed by atoms with Crippen molar-refractivity contribution in [1.82, 2.24) is 5.43 Å². The van der Waals surface area contributed by atoms with Crippen LogP contribution in [-0.4, -0.2) is 13.0 Å². The SMILES string of the molecule is COc1ccccc1C(F)(F)C(=O)NN. The molecule has 3 N–H and O–H groups in total. The molecule has 1 aromatic rings. The largest absolute Gasteiger partial charge is 0.496 e. The van der Waals surface area contributed by atoms with Gasteiger partial charge in [-0.15, -0.1) is 0 Å². The number of carbonyl (C=O) groups is 1. The average Bonchev–Trinajstić information content (AvgIpc) is 2.27. The third-order valence-electron chi connectivity index (χ3n) is 1.86. The first-order valence-corrected chi connectivity index (χ1v) is 4.06. The minimum absolute atomic E-state index is 0.0638. The van der Waals surface area contributed by atoms with Crippen LogP contribution in [0.5, 0.6) is 5.75 Å². The Kier molecular flexibility index (Phi) is 3.21. The highest BCUT2D eigenvalue weighted by Gasteiger charge is 2.42. The summed E-state index contributed by atoms with van der Waals surface area (Å²) in [5.74, 6) is -0.681. The van der Waals surface area contributed by atoms with Crippen molar-refractivity contribution in [2.24, 2.45) is 5.84 Å². The van der Waals surface area contributed by atoms with E-state index in [4.69, 9.17) is 4.74 Å². The van der Waals surface area contributed by atoms with E-state index < -0.39 is 17.4 Å². The Hall–Kier alpha value is -1.69. The number of hydrogen-bond donors (Lipinski definition) is 2. The Morgan fingerprint density at radius 2 is 2.07 bits per heavy atom. The molecule has 15 heavy (non-hydrogen) atoms. The number of carbonyl (C=O) groups excluding carboxylic acids is 1. The van der Waals surface area contributed by atoms with Gasteiger partial charge in [0.25, 0.3) is 0 Å². The molecule has 0 saturated heterocycles. The van der Waals surface area contributed by atoms with E-state index in [0.717, 1.165) is 6.07 Å². The molecule has 0 spiro atoms. The van der Waals surface area contributed by atoms with Gasteiger partial charge < -0.3 is 4.74 Å². The van der Waals surface area contributed by atoms with E-state index in [2.05, 4.69) is 5.84 Å². The second kappa shape index (κ2) is 4.22. The standard InChI is InChI=1S/C9H10F2N2O2/c1-15-7-5-3-2-4-6(7)9(10,11)8(14)13-12/h2-5H,12H2,1H3,(H,13,14). The van der Waals surface area contributed by atoms with Gasteiger partial charge in [0.05, 0.1) is 12.7 Å². The van der Waals surface area contributed by atoms with Crippen LogP contribution in [0.4, 0.5) is 8.78 Å². The molecular weight excluding hydrogens is 206 g/mol. The van der Waals surface area contributed by atoms with Gasteiger partial charge in [-0.2, -0.15) is 8.78 Å². The molecule has 0 aliphatic rings. The number of hydrazine groups is 1. The summed E-state index contributed by atoms with van der Waals surface area (Å²) in [6.07, 6.45) is 0. The van der Waals surface area contributed by atoms with Crippen LogP contribution in [0.15, 0.2) is 24.3 Å². The molecule has 4 nitrogen and oxygen atoms in total. The molecule has 0 radical (unpaired) electrons. The highest BCUT2D eigenvalue weighted by molar-refractivity contribution is 5.85. The predicted octanol–water partition coefficient (Wildman–Crippen LogP) is 0.777. The van der Waals surface area contributed by atoms with Crippen molar-refractivity contribution < 1.29 is 18.3 Å². The highest BCUT2D eigenvalue weighted by Crippen LogP contribution is 2.34. The maximum Gasteiger partial charge on any atom is 0.354 e. The Morgan fingerprint density at radius 1 is 1.47 bits per heavy atom. The van der Waals surface area contributed by atoms with Gasteiger partial charge in [0.15, 0.2) is 0 Å². The van der Waals surface area contributed by atoms with Crippen LogP contribution < -0.4 is 16.0 Å². The number of methoxy groups -OCH3 is 1. The maximum atomic E-state index is 13.4. The van der Waals surface area contributed by atoms with Gasteiger partial charge in [-0.3, -0.25) is 10.2 Å². The predicted molar refractivity (Wildman–Crippen MR) is 49.2 cm³/mol. The molecule has 1 aromatic carbocycles. The van der Waals surface area contributed by atoms with E-state index in [1.807, 2.05) is 0 Å². The molecule has 0 aliphatic carbocycles. The van der Waals surface area contributed by atoms with E-state index in [-0.39, 0.29) is 5.75 Å². The quantitative estimate of drug-likeness (QED) is 0.445. The number of rotatable bonds is 3. The number of halogens is 2. The van der Waals surface area contributed by atoms with Gasteiger partial charge in [-0.25, -0.2) is 5.84 Å². The first-order chi connectivity index (χ1) is 7.04. The summed E-state index contributed by atoms with van der Waals surface area (Å²) in [6.45, 7) is 0. The van der Waals surface area contributed by atoms with Crippen molar-refractivity contribution in [3.05, 3.63) is 29.8 Å². The number of hydrogen-bond acceptors (Lipinski definition) is 3. The molecule has 82 valence electrons. The number of para-hydroxylation sites is 1. The lowest BCUT2D eigenvalue weighted by Crippen LogP contribution is -2.42. The molecule has 0 unspecified atom stereocenters. The minimum Gasteiger partial charge on any atom is -0.496 e. The topological polar surface area (TPSA) is 64.3 Å². The Labute approximate surface area is 85.0 Å². The van der Waals surface area contributed by atoms with E-state index in [1.54, 1.807) is 0 Å². The lowest BCUT2D eigenvalue weighted by atomic mass is 10.1. The molecule has 0 saturated carbocycles. The normalized spacial score (nSPS) is 10.9. The summed E-state index contributed by atoms with van der Waals surface area (Å²) in [6, 6.07) is 5.36. The molecular formula is C9H10F2N2O2. The molecule has 0 atom stereocenters. The minimum atomic E-state index is -3.71. The summed E-state index contributed by atoms with van der Waals surface area (Å²) in [7, 11) is 1.25. The second-order valence-electron chi connectivity index (χ2n) is 2.75. The average molecular weight is 216 g/mol. The highest BCUT2D eigenvalue weighted by atomic mass is 19.3. The van der Waals surface area contributed by atoms with Crippen LogP contribution in [-0.2, 0) is 10.7 Å². The van der Waals surface area contributed by atoms with Crippen molar-refractivity contribution >= 4 is 5.91 Å². The molecule has 1 amide bonds. The van der Waals surface area contributed by atoms with Crippen LogP contribution in [0.3, 0.4) is 0 Å². The fourth-order valence-corrected chi connectivity index (χ4v) is 1.12. The van der Waals surface area contributed by atoms with Crippen molar-refractivity contribution in [3.8, 4) is 5.75 Å². The first kappa shape index (κ1) is 11.4. The van der Waals surface area contributed by atoms with E-state index in [0.29, 0.717) is 0 Å². The maximum absolute atomic E-state index is 13.4. The van der Waals surface area contributed by atoms with Gasteiger partial charge in [0.2, 0.25) is 0 Å². The molecule has 0 heterocycles. The zero-order chi connectivity index (χ0) is 11.5. The third kappa shape index (κ3) is 2.04. The van der Waals surface area contributed by atoms with Crippen molar-refractivity contribution in [1.29, 1.82) is 0 Å². The van der Waals surface area contributed by atoms with Gasteiger partial charge in [0.1, 0.15) is 5.75 Å². The summed E-state index contributed by atoms with van der Waals surface area (Å²) in [5, 5.41) is 0. The van der Waals surface area contributed by atoms with Gasteiger partial charge >= 0.3 is 11.8 Å². The van der Waals surface area contributed by atoms with Gasteiger partial charge in [-0.1, -0.05) is 12.1 Å². The van der Waals surface area contributed by atoms with E-state index in [9.17, 15) is 13.6 Å². The van der Waals surface area contributed by atoms with Crippen LogP contribution >= 0.6 is 0 Å². The number of alkyl halides is 2. The smallest absolute Gasteiger partial charge is 0.354 e. The van der Waals surface area contributed by atoms with Gasteiger partial charge in [0, 0.05) is 0 Å². The van der Waals surface area contributed by atoms with E-state index >= 15 is 0 Å². The summed E-state index contributed by atoms with van der Waals surface area (Å²) in [4.78, 5) is 10.9. The number of nitrogens with one attached hydrogen (secondary N) is 1. The summed E-state index contributed by atoms with van der Waals surface area (Å²) >= 11 is 0. The van der Waals surface area contributed by atoms with Crippen molar-refractivity contribution in [2.45, 2.75) is 5.92 Å². The molecule has 0 aromatic heterocycles. The molecule has 0 aliphatic heterocycles. The van der Waals surface area contributed by atoms with Crippen LogP contribution in [0.2, 0.25) is 0 Å². The second-order valence-corrected chi connectivity index (χ2v) is 2.75. The molecule has 1 rings (SSSR count). The van der Waals surface area contributed by atoms with Crippen molar-refractivity contribution in [2.75, 3.05) is 7.11 Å². The van der Waals surface area contributed by atoms with E-state index in [1.165, 1.54) is 30.7 Å². The fraction of sp³-hybridized carbons (Fsp3) is 0.222. The molecule has 0 fully saturated rings. The monoisotopic (exact) mass is 216 g/mol. The Balaban J connectivity index is 3.19.